The number of likely N-dealkylation sites (tertiary alicyclic amines) is 1. The van der Waals surface area contributed by atoms with Gasteiger partial charge in [0.25, 0.3) is 0 Å². The normalized spacial score (nSPS) is 19.6. The molecule has 0 aliphatic carbocycles. The Morgan fingerprint density at radius 3 is 3.19 bits per heavy atom. The predicted molar refractivity (Wildman–Crippen MR) is 75.6 cm³/mol. The molecule has 1 unspecified atom stereocenters. The van der Waals surface area contributed by atoms with Crippen molar-refractivity contribution in [2.24, 2.45) is 0 Å². The average molecular weight is 289 g/mol. The Labute approximate surface area is 123 Å². The highest BCUT2D eigenvalue weighted by molar-refractivity contribution is 5.86. The summed E-state index contributed by atoms with van der Waals surface area (Å²) in [4.78, 5) is 13.8. The van der Waals surface area contributed by atoms with E-state index in [1.54, 1.807) is 6.07 Å². The number of furan rings is 1. The van der Waals surface area contributed by atoms with Gasteiger partial charge in [-0.15, -0.1) is 0 Å². The number of H-pyrrole nitrogens is 1. The van der Waals surface area contributed by atoms with Crippen molar-refractivity contribution in [1.82, 2.24) is 15.1 Å². The fraction of sp³-hybridized carbons (Fsp3) is 0.467. The lowest BCUT2D eigenvalue weighted by molar-refractivity contribution is 0.0558. The van der Waals surface area contributed by atoms with E-state index in [0.29, 0.717) is 12.6 Å². The number of hydrogen-bond acceptors (Lipinski definition) is 5. The summed E-state index contributed by atoms with van der Waals surface area (Å²) in [5.74, 6) is 0.599. The van der Waals surface area contributed by atoms with Crippen molar-refractivity contribution in [2.75, 3.05) is 13.7 Å². The number of aromatic amines is 1. The smallest absolute Gasteiger partial charge is 0.373 e. The maximum absolute atomic E-state index is 11.4. The van der Waals surface area contributed by atoms with Crippen LogP contribution in [0.5, 0.6) is 0 Å². The largest absolute Gasteiger partial charge is 0.463 e. The molecular formula is C15H19N3O3. The van der Waals surface area contributed by atoms with E-state index in [-0.39, 0.29) is 5.76 Å². The Kier molecular flexibility index (Phi) is 4.06. The first kappa shape index (κ1) is 13.9. The predicted octanol–water partition coefficient (Wildman–Crippen LogP) is 2.52. The van der Waals surface area contributed by atoms with Crippen LogP contribution in [0.3, 0.4) is 0 Å². The molecule has 0 spiro atoms. The molecule has 6 nitrogen and oxygen atoms in total. The molecule has 6 heteroatoms. The highest BCUT2D eigenvalue weighted by atomic mass is 16.5. The maximum Gasteiger partial charge on any atom is 0.373 e. The third kappa shape index (κ3) is 3.00. The number of esters is 1. The van der Waals surface area contributed by atoms with Gasteiger partial charge in [0.05, 0.1) is 19.9 Å². The summed E-state index contributed by atoms with van der Waals surface area (Å²) in [6.07, 6.45) is 7.34. The first-order valence-electron chi connectivity index (χ1n) is 7.17. The lowest BCUT2D eigenvalue weighted by Gasteiger charge is -2.34. The van der Waals surface area contributed by atoms with Crippen molar-refractivity contribution in [2.45, 2.75) is 31.8 Å². The van der Waals surface area contributed by atoms with Crippen LogP contribution in [0.15, 0.2) is 28.9 Å². The van der Waals surface area contributed by atoms with E-state index in [2.05, 4.69) is 19.8 Å². The number of aromatic nitrogens is 2. The molecule has 0 aromatic carbocycles. The quantitative estimate of drug-likeness (QED) is 0.876. The molecule has 1 aliphatic rings. The van der Waals surface area contributed by atoms with Crippen LogP contribution in [-0.4, -0.2) is 34.7 Å². The average Bonchev–Trinajstić information content (AvgIpc) is 3.18. The summed E-state index contributed by atoms with van der Waals surface area (Å²) in [6.45, 7) is 1.71. The number of methoxy groups -OCH3 is 1. The number of carbonyl (C=O) groups excluding carboxylic acids is 1. The first-order valence-corrected chi connectivity index (χ1v) is 7.17. The molecule has 1 N–H and O–H groups in total. The molecule has 3 rings (SSSR count). The summed E-state index contributed by atoms with van der Waals surface area (Å²) in [6, 6.07) is 3.86. The summed E-state index contributed by atoms with van der Waals surface area (Å²) < 4.78 is 10.2. The second-order valence-corrected chi connectivity index (χ2v) is 5.27. The Hall–Kier alpha value is -2.08. The molecule has 112 valence electrons. The second-order valence-electron chi connectivity index (χ2n) is 5.27. The summed E-state index contributed by atoms with van der Waals surface area (Å²) >= 11 is 0. The zero-order valence-corrected chi connectivity index (χ0v) is 12.0. The third-order valence-corrected chi connectivity index (χ3v) is 3.92. The van der Waals surface area contributed by atoms with Gasteiger partial charge < -0.3 is 9.15 Å². The van der Waals surface area contributed by atoms with Crippen molar-refractivity contribution in [3.63, 3.8) is 0 Å². The number of nitrogens with one attached hydrogen (secondary N) is 1. The van der Waals surface area contributed by atoms with Gasteiger partial charge in [-0.05, 0) is 31.5 Å². The lowest BCUT2D eigenvalue weighted by Crippen LogP contribution is -2.32. The second kappa shape index (κ2) is 6.13. The number of nitrogens with zero attached hydrogens (tertiary/aromatic N) is 2. The van der Waals surface area contributed by atoms with Gasteiger partial charge in [-0.3, -0.25) is 10.00 Å². The van der Waals surface area contributed by atoms with E-state index in [0.717, 1.165) is 18.7 Å². The van der Waals surface area contributed by atoms with Crippen LogP contribution in [0, 0.1) is 0 Å². The van der Waals surface area contributed by atoms with Crippen LogP contribution in [0.25, 0.3) is 0 Å². The monoisotopic (exact) mass is 289 g/mol. The Balaban J connectivity index is 1.72. The van der Waals surface area contributed by atoms with Crippen molar-refractivity contribution < 1.29 is 13.9 Å². The Bertz CT molecular complexity index is 591. The number of piperidine rings is 1. The van der Waals surface area contributed by atoms with E-state index >= 15 is 0 Å². The molecular weight excluding hydrogens is 270 g/mol. The number of ether oxygens (including phenoxy) is 1. The van der Waals surface area contributed by atoms with E-state index in [1.807, 2.05) is 18.5 Å². The molecule has 0 saturated carbocycles. The molecule has 3 heterocycles. The van der Waals surface area contributed by atoms with Crippen LogP contribution < -0.4 is 0 Å². The van der Waals surface area contributed by atoms with E-state index in [9.17, 15) is 4.79 Å². The molecule has 21 heavy (non-hydrogen) atoms. The zero-order valence-electron chi connectivity index (χ0n) is 12.0. The van der Waals surface area contributed by atoms with Gasteiger partial charge >= 0.3 is 5.97 Å². The van der Waals surface area contributed by atoms with Gasteiger partial charge in [-0.2, -0.15) is 5.10 Å². The van der Waals surface area contributed by atoms with Crippen molar-refractivity contribution in [1.29, 1.82) is 0 Å². The van der Waals surface area contributed by atoms with Gasteiger partial charge in [-0.25, -0.2) is 4.79 Å². The minimum Gasteiger partial charge on any atom is -0.463 e. The maximum atomic E-state index is 11.4. The zero-order chi connectivity index (χ0) is 14.7. The first-order chi connectivity index (χ1) is 10.3. The fourth-order valence-electron chi connectivity index (χ4n) is 2.87. The third-order valence-electron chi connectivity index (χ3n) is 3.92. The van der Waals surface area contributed by atoms with Crippen LogP contribution in [0.2, 0.25) is 0 Å². The lowest BCUT2D eigenvalue weighted by atomic mass is 9.97. The molecule has 0 bridgehead atoms. The van der Waals surface area contributed by atoms with Gasteiger partial charge in [0.2, 0.25) is 5.76 Å². The minimum atomic E-state index is -0.439. The van der Waals surface area contributed by atoms with Crippen molar-refractivity contribution in [3.05, 3.63) is 41.6 Å². The van der Waals surface area contributed by atoms with Gasteiger partial charge in [0.1, 0.15) is 5.76 Å². The molecule has 0 amide bonds. The van der Waals surface area contributed by atoms with Crippen molar-refractivity contribution >= 4 is 5.97 Å². The Morgan fingerprint density at radius 2 is 2.43 bits per heavy atom. The molecule has 2 aromatic heterocycles. The highest BCUT2D eigenvalue weighted by Crippen LogP contribution is 2.31. The summed E-state index contributed by atoms with van der Waals surface area (Å²) in [5, 5.41) is 6.92. The van der Waals surface area contributed by atoms with Gasteiger partial charge in [-0.1, -0.05) is 6.42 Å². The van der Waals surface area contributed by atoms with Crippen molar-refractivity contribution in [3.8, 4) is 0 Å². The standard InChI is InChI=1S/C15H19N3O3/c1-20-15(19)14-6-5-12(21-14)10-18-7-3-2-4-13(18)11-8-16-17-9-11/h5-6,8-9,13H,2-4,7,10H2,1H3,(H,16,17). The van der Waals surface area contributed by atoms with Crippen LogP contribution >= 0.6 is 0 Å². The summed E-state index contributed by atoms with van der Waals surface area (Å²) in [7, 11) is 1.35. The molecule has 0 radical (unpaired) electrons. The summed E-state index contributed by atoms with van der Waals surface area (Å²) in [5.41, 5.74) is 1.20. The number of hydrogen-bond donors (Lipinski definition) is 1. The fourth-order valence-corrected chi connectivity index (χ4v) is 2.87. The molecule has 1 saturated heterocycles. The van der Waals surface area contributed by atoms with Gasteiger partial charge in [0, 0.05) is 17.8 Å². The molecule has 1 fully saturated rings. The minimum absolute atomic E-state index is 0.254. The molecule has 1 atom stereocenters. The van der Waals surface area contributed by atoms with E-state index < -0.39 is 5.97 Å². The van der Waals surface area contributed by atoms with E-state index in [4.69, 9.17) is 4.42 Å². The topological polar surface area (TPSA) is 71.4 Å². The van der Waals surface area contributed by atoms with E-state index in [1.165, 1.54) is 25.5 Å². The van der Waals surface area contributed by atoms with Crippen LogP contribution in [0.4, 0.5) is 0 Å². The van der Waals surface area contributed by atoms with Crippen LogP contribution in [0.1, 0.15) is 47.2 Å². The van der Waals surface area contributed by atoms with Gasteiger partial charge in [0.15, 0.2) is 0 Å². The Morgan fingerprint density at radius 1 is 1.52 bits per heavy atom. The van der Waals surface area contributed by atoms with Crippen LogP contribution in [-0.2, 0) is 11.3 Å². The number of rotatable bonds is 4. The highest BCUT2D eigenvalue weighted by Gasteiger charge is 2.25. The molecule has 2 aromatic rings. The molecule has 1 aliphatic heterocycles. The SMILES string of the molecule is COC(=O)c1ccc(CN2CCCCC2c2cn[nH]c2)o1. The number of carbonyl (C=O) groups is 1.